The number of aromatic nitrogens is 2. The summed E-state index contributed by atoms with van der Waals surface area (Å²) < 4.78 is 11.0. The largest absolute Gasteiger partial charge is 0.379 e. The molecular formula is C17H21Br3N4O. The van der Waals surface area contributed by atoms with Gasteiger partial charge in [-0.25, -0.2) is 4.98 Å². The Balaban J connectivity index is 1.51. The number of hydrogen-bond donors (Lipinski definition) is 1. The van der Waals surface area contributed by atoms with E-state index in [9.17, 15) is 0 Å². The van der Waals surface area contributed by atoms with Gasteiger partial charge in [-0.3, -0.25) is 4.90 Å². The van der Waals surface area contributed by atoms with Crippen LogP contribution in [0.3, 0.4) is 0 Å². The molecule has 0 aliphatic carbocycles. The first-order chi connectivity index (χ1) is 12.2. The van der Waals surface area contributed by atoms with Crippen molar-refractivity contribution in [1.29, 1.82) is 0 Å². The summed E-state index contributed by atoms with van der Waals surface area (Å²) >= 11 is 11.1. The van der Waals surface area contributed by atoms with Crippen LogP contribution in [0.2, 0.25) is 0 Å². The maximum Gasteiger partial charge on any atom is 0.203 e. The highest BCUT2D eigenvalue weighted by Gasteiger charge is 2.24. The van der Waals surface area contributed by atoms with Gasteiger partial charge in [-0.15, -0.1) is 0 Å². The molecule has 4 rings (SSSR count). The average Bonchev–Trinajstić information content (AvgIpc) is 3.02. The number of nitrogens with one attached hydrogen (secondary N) is 1. The first-order valence-electron chi connectivity index (χ1n) is 8.76. The van der Waals surface area contributed by atoms with Crippen molar-refractivity contribution in [2.24, 2.45) is 0 Å². The summed E-state index contributed by atoms with van der Waals surface area (Å²) in [4.78, 5) is 7.36. The van der Waals surface area contributed by atoms with Crippen molar-refractivity contribution in [2.45, 2.75) is 25.8 Å². The molecule has 3 heterocycles. The van der Waals surface area contributed by atoms with E-state index in [1.165, 1.54) is 11.1 Å². The zero-order chi connectivity index (χ0) is 17.4. The fourth-order valence-corrected chi connectivity index (χ4v) is 5.42. The minimum atomic E-state index is 0.865. The van der Waals surface area contributed by atoms with Crippen molar-refractivity contribution in [1.82, 2.24) is 14.5 Å². The summed E-state index contributed by atoms with van der Waals surface area (Å²) in [6.45, 7) is 6.91. The highest BCUT2D eigenvalue weighted by Crippen LogP contribution is 2.43. The lowest BCUT2D eigenvalue weighted by Gasteiger charge is -2.26. The smallest absolute Gasteiger partial charge is 0.203 e. The summed E-state index contributed by atoms with van der Waals surface area (Å²) in [6, 6.07) is 0. The highest BCUT2D eigenvalue weighted by atomic mass is 79.9. The van der Waals surface area contributed by atoms with E-state index in [0.29, 0.717) is 0 Å². The molecule has 0 spiro atoms. The summed E-state index contributed by atoms with van der Waals surface area (Å²) in [7, 11) is 0. The molecule has 1 aromatic carbocycles. The number of hydrogen-bond acceptors (Lipinski definition) is 4. The summed E-state index contributed by atoms with van der Waals surface area (Å²) in [5, 5.41) is 3.56. The molecule has 1 saturated heterocycles. The number of anilines is 1. The number of imidazole rings is 1. The van der Waals surface area contributed by atoms with Gasteiger partial charge in [0.1, 0.15) is 5.52 Å². The first kappa shape index (κ1) is 18.2. The van der Waals surface area contributed by atoms with Crippen LogP contribution < -0.4 is 5.32 Å². The molecule has 136 valence electrons. The Kier molecular flexibility index (Phi) is 5.72. The predicted molar refractivity (Wildman–Crippen MR) is 112 cm³/mol. The Morgan fingerprint density at radius 1 is 1.04 bits per heavy atom. The quantitative estimate of drug-likeness (QED) is 0.454. The maximum absolute atomic E-state index is 5.40. The van der Waals surface area contributed by atoms with Crippen LogP contribution >= 0.6 is 47.8 Å². The fourth-order valence-electron chi connectivity index (χ4n) is 3.67. The summed E-state index contributed by atoms with van der Waals surface area (Å²) in [5.74, 6) is 0.989. The summed E-state index contributed by atoms with van der Waals surface area (Å²) in [6.07, 6.45) is 3.35. The molecule has 25 heavy (non-hydrogen) atoms. The zero-order valence-corrected chi connectivity index (χ0v) is 18.7. The molecule has 2 aliphatic heterocycles. The monoisotopic (exact) mass is 534 g/mol. The Labute approximate surface area is 172 Å². The minimum Gasteiger partial charge on any atom is -0.379 e. The molecule has 0 atom stereocenters. The Bertz CT molecular complexity index is 786. The van der Waals surface area contributed by atoms with Crippen molar-refractivity contribution in [3.8, 4) is 0 Å². The van der Waals surface area contributed by atoms with E-state index in [-0.39, 0.29) is 0 Å². The molecule has 8 heteroatoms. The molecule has 5 nitrogen and oxygen atoms in total. The molecule has 1 fully saturated rings. The number of benzene rings is 1. The molecule has 1 N–H and O–H groups in total. The Morgan fingerprint density at radius 3 is 2.64 bits per heavy atom. The van der Waals surface area contributed by atoms with Crippen LogP contribution in [0.25, 0.3) is 11.0 Å². The standard InChI is InChI=1S/C17H21Br3N4O/c18-12-11-3-1-6-24-16(11)15(14(20)13(12)19)22-17(24)21-4-2-5-23-7-9-25-10-8-23/h1-10H2,(H,21,22). The van der Waals surface area contributed by atoms with Crippen LogP contribution in [0.1, 0.15) is 18.4 Å². The van der Waals surface area contributed by atoms with E-state index >= 15 is 0 Å². The molecule has 2 aromatic rings. The number of ether oxygens (including phenoxy) is 1. The van der Waals surface area contributed by atoms with Gasteiger partial charge in [0.05, 0.1) is 23.2 Å². The second-order valence-corrected chi connectivity index (χ2v) is 8.92. The number of halogens is 3. The van der Waals surface area contributed by atoms with E-state index < -0.39 is 0 Å². The molecule has 0 unspecified atom stereocenters. The Hall–Kier alpha value is -0.150. The van der Waals surface area contributed by atoms with E-state index in [4.69, 9.17) is 9.72 Å². The molecule has 0 amide bonds. The summed E-state index contributed by atoms with van der Waals surface area (Å²) in [5.41, 5.74) is 3.65. The van der Waals surface area contributed by atoms with Gasteiger partial charge >= 0.3 is 0 Å². The van der Waals surface area contributed by atoms with Crippen LogP contribution in [0, 0.1) is 0 Å². The van der Waals surface area contributed by atoms with Gasteiger partial charge in [0.2, 0.25) is 5.95 Å². The van der Waals surface area contributed by atoms with Crippen LogP contribution in [0.5, 0.6) is 0 Å². The second kappa shape index (κ2) is 7.84. The van der Waals surface area contributed by atoms with Crippen LogP contribution in [0.15, 0.2) is 13.4 Å². The van der Waals surface area contributed by atoms with E-state index in [0.717, 1.165) is 90.1 Å². The predicted octanol–water partition coefficient (Wildman–Crippen LogP) is 4.40. The molecule has 2 aliphatic rings. The molecular weight excluding hydrogens is 516 g/mol. The molecule has 0 radical (unpaired) electrons. The van der Waals surface area contributed by atoms with E-state index in [2.05, 4.69) is 62.6 Å². The number of morpholine rings is 1. The third-order valence-corrected chi connectivity index (χ3v) is 8.46. The van der Waals surface area contributed by atoms with Crippen LogP contribution in [-0.4, -0.2) is 53.8 Å². The average molecular weight is 537 g/mol. The normalized spacial score (nSPS) is 18.0. The lowest BCUT2D eigenvalue weighted by Crippen LogP contribution is -2.37. The fraction of sp³-hybridized carbons (Fsp3) is 0.588. The van der Waals surface area contributed by atoms with Crippen molar-refractivity contribution < 1.29 is 4.74 Å². The van der Waals surface area contributed by atoms with Gasteiger partial charge in [0, 0.05) is 35.1 Å². The second-order valence-electron chi connectivity index (χ2n) is 6.54. The number of rotatable bonds is 5. The third kappa shape index (κ3) is 3.52. The van der Waals surface area contributed by atoms with Crippen LogP contribution in [0.4, 0.5) is 5.95 Å². The van der Waals surface area contributed by atoms with Crippen molar-refractivity contribution in [2.75, 3.05) is 44.7 Å². The first-order valence-corrected chi connectivity index (χ1v) is 11.1. The van der Waals surface area contributed by atoms with Gasteiger partial charge < -0.3 is 14.6 Å². The van der Waals surface area contributed by atoms with Crippen LogP contribution in [-0.2, 0) is 17.7 Å². The molecule has 0 saturated carbocycles. The van der Waals surface area contributed by atoms with Gasteiger partial charge in [0.15, 0.2) is 0 Å². The van der Waals surface area contributed by atoms with Crippen molar-refractivity contribution in [3.05, 3.63) is 19.0 Å². The van der Waals surface area contributed by atoms with E-state index in [1.54, 1.807) is 0 Å². The molecule has 0 bridgehead atoms. The SMILES string of the molecule is Brc1c(Br)c2c3c(nc(NCCCN4CCOCC4)n3CCC2)c1Br. The number of aryl methyl sites for hydroxylation is 2. The maximum atomic E-state index is 5.40. The van der Waals surface area contributed by atoms with Gasteiger partial charge in [-0.2, -0.15) is 0 Å². The molecule has 1 aromatic heterocycles. The Morgan fingerprint density at radius 2 is 1.84 bits per heavy atom. The third-order valence-electron chi connectivity index (χ3n) is 4.96. The number of nitrogens with zero attached hydrogens (tertiary/aromatic N) is 3. The minimum absolute atomic E-state index is 0.865. The van der Waals surface area contributed by atoms with Gasteiger partial charge in [0.25, 0.3) is 0 Å². The van der Waals surface area contributed by atoms with Crippen molar-refractivity contribution in [3.63, 3.8) is 0 Å². The zero-order valence-electron chi connectivity index (χ0n) is 14.0. The lowest BCUT2D eigenvalue weighted by molar-refractivity contribution is 0.0378. The highest BCUT2D eigenvalue weighted by molar-refractivity contribution is 9.14. The lowest BCUT2D eigenvalue weighted by atomic mass is 10.0. The van der Waals surface area contributed by atoms with Gasteiger partial charge in [-0.05, 0) is 79.2 Å². The van der Waals surface area contributed by atoms with Crippen molar-refractivity contribution >= 4 is 64.8 Å². The van der Waals surface area contributed by atoms with Gasteiger partial charge in [-0.1, -0.05) is 0 Å². The van der Waals surface area contributed by atoms with E-state index in [1.807, 2.05) is 0 Å². The topological polar surface area (TPSA) is 42.3 Å².